The lowest BCUT2D eigenvalue weighted by molar-refractivity contribution is 0.230. The second-order valence-corrected chi connectivity index (χ2v) is 6.42. The van der Waals surface area contributed by atoms with E-state index in [-0.39, 0.29) is 11.4 Å². The highest BCUT2D eigenvalue weighted by Crippen LogP contribution is 2.29. The molecule has 0 saturated heterocycles. The molecule has 2 aromatic carbocycles. The van der Waals surface area contributed by atoms with Gasteiger partial charge in [-0.2, -0.15) is 0 Å². The predicted molar refractivity (Wildman–Crippen MR) is 99.3 cm³/mol. The van der Waals surface area contributed by atoms with Crippen LogP contribution in [0.1, 0.15) is 17.4 Å². The Morgan fingerprint density at radius 1 is 1.21 bits per heavy atom. The molecule has 1 unspecified atom stereocenters. The Labute approximate surface area is 152 Å². The van der Waals surface area contributed by atoms with Crippen LogP contribution in [0.25, 0.3) is 0 Å². The first-order valence-corrected chi connectivity index (χ1v) is 8.38. The van der Waals surface area contributed by atoms with Crippen LogP contribution in [0.4, 0.5) is 10.5 Å². The molecule has 24 heavy (non-hydrogen) atoms. The molecule has 0 radical (unpaired) electrons. The summed E-state index contributed by atoms with van der Waals surface area (Å²) in [5.41, 5.74) is 1.68. The fourth-order valence-electron chi connectivity index (χ4n) is 2.03. The van der Waals surface area contributed by atoms with E-state index >= 15 is 0 Å². The Hall–Kier alpha value is -1.91. The molecule has 0 heterocycles. The van der Waals surface area contributed by atoms with Gasteiger partial charge >= 0.3 is 6.03 Å². The summed E-state index contributed by atoms with van der Waals surface area (Å²) in [6.45, 7) is 0.451. The Balaban J connectivity index is 1.88. The zero-order valence-electron chi connectivity index (χ0n) is 13.6. The van der Waals surface area contributed by atoms with Gasteiger partial charge in [0.05, 0.1) is 17.0 Å². The van der Waals surface area contributed by atoms with Crippen molar-refractivity contribution in [2.75, 3.05) is 26.0 Å². The third kappa shape index (κ3) is 5.32. The first kappa shape index (κ1) is 18.4. The van der Waals surface area contributed by atoms with E-state index in [1.807, 2.05) is 30.3 Å². The number of ether oxygens (including phenoxy) is 1. The van der Waals surface area contributed by atoms with Crippen molar-refractivity contribution in [1.29, 1.82) is 0 Å². The number of hydrogen-bond donors (Lipinski definition) is 1. The SMILES string of the molecule is CN(C)C(=O)Nc1ccc(OCCC(Cl)c2ccccc2)c(Cl)c1. The smallest absolute Gasteiger partial charge is 0.321 e. The molecule has 4 nitrogen and oxygen atoms in total. The second-order valence-electron chi connectivity index (χ2n) is 5.49. The standard InChI is InChI=1S/C18H20Cl2N2O2/c1-22(2)18(23)21-14-8-9-17(16(20)12-14)24-11-10-15(19)13-6-4-3-5-7-13/h3-9,12,15H,10-11H2,1-2H3,(H,21,23). The van der Waals surface area contributed by atoms with Crippen LogP contribution in [0.15, 0.2) is 48.5 Å². The number of benzene rings is 2. The molecule has 1 N–H and O–H groups in total. The van der Waals surface area contributed by atoms with Gasteiger partial charge in [0.1, 0.15) is 5.75 Å². The lowest BCUT2D eigenvalue weighted by atomic mass is 10.1. The minimum absolute atomic E-state index is 0.108. The number of alkyl halides is 1. The fraction of sp³-hybridized carbons (Fsp3) is 0.278. The van der Waals surface area contributed by atoms with Gasteiger partial charge < -0.3 is 15.0 Å². The summed E-state index contributed by atoms with van der Waals surface area (Å²) in [6, 6.07) is 14.8. The van der Waals surface area contributed by atoms with Crippen molar-refractivity contribution in [3.63, 3.8) is 0 Å². The normalized spacial score (nSPS) is 11.7. The van der Waals surface area contributed by atoms with Crippen molar-refractivity contribution < 1.29 is 9.53 Å². The van der Waals surface area contributed by atoms with Crippen molar-refractivity contribution in [3.8, 4) is 5.75 Å². The molecule has 6 heteroatoms. The van der Waals surface area contributed by atoms with Crippen LogP contribution in [0.2, 0.25) is 5.02 Å². The summed E-state index contributed by atoms with van der Waals surface area (Å²) in [7, 11) is 3.34. The van der Waals surface area contributed by atoms with E-state index in [9.17, 15) is 4.79 Å². The highest BCUT2D eigenvalue weighted by Gasteiger charge is 2.10. The van der Waals surface area contributed by atoms with Crippen LogP contribution in [0.3, 0.4) is 0 Å². The summed E-state index contributed by atoms with van der Waals surface area (Å²) in [5.74, 6) is 0.566. The summed E-state index contributed by atoms with van der Waals surface area (Å²) in [4.78, 5) is 13.1. The summed E-state index contributed by atoms with van der Waals surface area (Å²) >= 11 is 12.6. The van der Waals surface area contributed by atoms with Gasteiger partial charge in [-0.25, -0.2) is 4.79 Å². The van der Waals surface area contributed by atoms with E-state index in [2.05, 4.69) is 5.32 Å². The van der Waals surface area contributed by atoms with Crippen LogP contribution >= 0.6 is 23.2 Å². The topological polar surface area (TPSA) is 41.6 Å². The first-order valence-electron chi connectivity index (χ1n) is 7.57. The minimum Gasteiger partial charge on any atom is -0.492 e. The maximum atomic E-state index is 11.6. The van der Waals surface area contributed by atoms with Gasteiger partial charge in [0.2, 0.25) is 0 Å². The van der Waals surface area contributed by atoms with E-state index in [1.165, 1.54) is 4.90 Å². The van der Waals surface area contributed by atoms with E-state index < -0.39 is 0 Å². The highest BCUT2D eigenvalue weighted by molar-refractivity contribution is 6.32. The first-order chi connectivity index (χ1) is 11.5. The molecule has 2 rings (SSSR count). The van der Waals surface area contributed by atoms with Crippen molar-refractivity contribution >= 4 is 34.9 Å². The number of hydrogen-bond acceptors (Lipinski definition) is 2. The molecule has 128 valence electrons. The van der Waals surface area contributed by atoms with Crippen LogP contribution in [0.5, 0.6) is 5.75 Å². The molecule has 1 atom stereocenters. The van der Waals surface area contributed by atoms with Gasteiger partial charge in [-0.15, -0.1) is 11.6 Å². The van der Waals surface area contributed by atoms with Crippen LogP contribution < -0.4 is 10.1 Å². The third-order valence-electron chi connectivity index (χ3n) is 3.38. The van der Waals surface area contributed by atoms with Crippen molar-refractivity contribution in [2.24, 2.45) is 0 Å². The minimum atomic E-state index is -0.215. The lowest BCUT2D eigenvalue weighted by Gasteiger charge is -2.14. The third-order valence-corrected chi connectivity index (χ3v) is 4.15. The number of rotatable bonds is 6. The number of carbonyl (C=O) groups is 1. The molecule has 0 spiro atoms. The maximum Gasteiger partial charge on any atom is 0.321 e. The maximum absolute atomic E-state index is 11.6. The van der Waals surface area contributed by atoms with Crippen LogP contribution in [-0.4, -0.2) is 31.6 Å². The number of urea groups is 1. The lowest BCUT2D eigenvalue weighted by Crippen LogP contribution is -2.27. The van der Waals surface area contributed by atoms with Crippen molar-refractivity contribution in [1.82, 2.24) is 4.90 Å². The molecule has 0 fully saturated rings. The summed E-state index contributed by atoms with van der Waals surface area (Å²) in [5, 5.41) is 3.07. The monoisotopic (exact) mass is 366 g/mol. The Morgan fingerprint density at radius 2 is 1.92 bits per heavy atom. The molecule has 0 saturated carbocycles. The second kappa shape index (κ2) is 8.81. The zero-order valence-corrected chi connectivity index (χ0v) is 15.1. The zero-order chi connectivity index (χ0) is 17.5. The summed E-state index contributed by atoms with van der Waals surface area (Å²) < 4.78 is 5.70. The average molecular weight is 367 g/mol. The number of nitrogens with one attached hydrogen (secondary N) is 1. The average Bonchev–Trinajstić information content (AvgIpc) is 2.57. The van der Waals surface area contributed by atoms with E-state index in [0.717, 1.165) is 5.56 Å². The van der Waals surface area contributed by atoms with Crippen molar-refractivity contribution in [3.05, 3.63) is 59.1 Å². The number of halogens is 2. The molecule has 0 bridgehead atoms. The van der Waals surface area contributed by atoms with Crippen molar-refractivity contribution in [2.45, 2.75) is 11.8 Å². The highest BCUT2D eigenvalue weighted by atomic mass is 35.5. The molecular formula is C18H20Cl2N2O2. The largest absolute Gasteiger partial charge is 0.492 e. The molecule has 0 aromatic heterocycles. The Morgan fingerprint density at radius 3 is 2.54 bits per heavy atom. The number of anilines is 1. The quantitative estimate of drug-likeness (QED) is 0.715. The summed E-state index contributed by atoms with van der Waals surface area (Å²) in [6.07, 6.45) is 0.668. The van der Waals surface area contributed by atoms with Crippen LogP contribution in [-0.2, 0) is 0 Å². The van der Waals surface area contributed by atoms with Crippen LogP contribution in [0, 0.1) is 0 Å². The molecule has 2 amide bonds. The van der Waals surface area contributed by atoms with Gasteiger partial charge in [-0.3, -0.25) is 0 Å². The fourth-order valence-corrected chi connectivity index (χ4v) is 2.50. The Kier molecular flexibility index (Phi) is 6.76. The molecule has 0 aliphatic carbocycles. The predicted octanol–water partition coefficient (Wildman–Crippen LogP) is 5.18. The number of amides is 2. The molecule has 2 aromatic rings. The van der Waals surface area contributed by atoms with E-state index in [0.29, 0.717) is 29.5 Å². The number of nitrogens with zero attached hydrogens (tertiary/aromatic N) is 1. The van der Waals surface area contributed by atoms with Gasteiger partial charge in [0, 0.05) is 26.2 Å². The molecule has 0 aliphatic heterocycles. The van der Waals surface area contributed by atoms with Gasteiger partial charge in [0.25, 0.3) is 0 Å². The molecule has 0 aliphatic rings. The number of carbonyl (C=O) groups excluding carboxylic acids is 1. The van der Waals surface area contributed by atoms with Gasteiger partial charge in [0.15, 0.2) is 0 Å². The van der Waals surface area contributed by atoms with Gasteiger partial charge in [-0.1, -0.05) is 41.9 Å². The van der Waals surface area contributed by atoms with E-state index in [4.69, 9.17) is 27.9 Å². The van der Waals surface area contributed by atoms with E-state index in [1.54, 1.807) is 32.3 Å². The van der Waals surface area contributed by atoms with Gasteiger partial charge in [-0.05, 0) is 23.8 Å². The Bertz CT molecular complexity index is 678. The molecular weight excluding hydrogens is 347 g/mol.